The zero-order valence-electron chi connectivity index (χ0n) is 15.8. The highest BCUT2D eigenvalue weighted by molar-refractivity contribution is 7.89. The second-order valence-electron chi connectivity index (χ2n) is 6.49. The van der Waals surface area contributed by atoms with E-state index in [0.717, 1.165) is 6.42 Å². The van der Waals surface area contributed by atoms with Crippen molar-refractivity contribution in [1.82, 2.24) is 24.2 Å². The number of nitrogens with one attached hydrogen (secondary N) is 1. The fourth-order valence-corrected chi connectivity index (χ4v) is 4.97. The van der Waals surface area contributed by atoms with Crippen molar-refractivity contribution in [1.29, 1.82) is 0 Å². The average Bonchev–Trinajstić information content (AvgIpc) is 3.26. The third kappa shape index (κ3) is 4.03. The first-order valence-corrected chi connectivity index (χ1v) is 10.5. The molecule has 0 bridgehead atoms. The van der Waals surface area contributed by atoms with Gasteiger partial charge in [0.15, 0.2) is 0 Å². The van der Waals surface area contributed by atoms with Gasteiger partial charge in [-0.15, -0.1) is 0 Å². The number of ether oxygens (including phenoxy) is 1. The number of hydrogen-bond acceptors (Lipinski definition) is 8. The van der Waals surface area contributed by atoms with E-state index >= 15 is 0 Å². The molecule has 4 rings (SSSR count). The number of anilines is 2. The molecule has 1 aromatic carbocycles. The van der Waals surface area contributed by atoms with Gasteiger partial charge in [-0.3, -0.25) is 9.97 Å². The van der Waals surface area contributed by atoms with Crippen LogP contribution in [0.5, 0.6) is 5.75 Å². The Labute approximate surface area is 168 Å². The van der Waals surface area contributed by atoms with Gasteiger partial charge >= 0.3 is 0 Å². The Bertz CT molecular complexity index is 1080. The van der Waals surface area contributed by atoms with Crippen molar-refractivity contribution in [3.63, 3.8) is 0 Å². The van der Waals surface area contributed by atoms with Crippen LogP contribution in [0.15, 0.2) is 60.1 Å². The topological polar surface area (TPSA) is 110 Å². The van der Waals surface area contributed by atoms with Crippen LogP contribution in [0, 0.1) is 0 Å². The second kappa shape index (κ2) is 8.10. The Balaban J connectivity index is 1.60. The lowest BCUT2D eigenvalue weighted by molar-refractivity contribution is 0.389. The van der Waals surface area contributed by atoms with Crippen molar-refractivity contribution >= 4 is 21.7 Å². The number of aromatic nitrogens is 4. The molecule has 2 aromatic heterocycles. The van der Waals surface area contributed by atoms with Gasteiger partial charge in [-0.05, 0) is 37.1 Å². The van der Waals surface area contributed by atoms with Crippen molar-refractivity contribution in [2.45, 2.75) is 23.8 Å². The number of hydrogen-bond donors (Lipinski definition) is 1. The summed E-state index contributed by atoms with van der Waals surface area (Å²) in [7, 11) is -2.12. The van der Waals surface area contributed by atoms with Crippen molar-refractivity contribution < 1.29 is 13.2 Å². The van der Waals surface area contributed by atoms with Crippen LogP contribution in [-0.4, -0.2) is 46.3 Å². The van der Waals surface area contributed by atoms with Gasteiger partial charge in [-0.2, -0.15) is 4.31 Å². The standard InChI is InChI=1S/C19H20N6O3S/c1-28-14-4-6-15(7-5-14)29(26,27)25-10-2-3-17(25)16-11-21-13-19(23-16)24-18-12-20-8-9-22-18/h4-9,11-13,17H,2-3,10H2,1H3,(H,22,23,24)/t17-/m0/s1. The molecule has 1 N–H and O–H groups in total. The molecule has 150 valence electrons. The molecule has 0 spiro atoms. The third-order valence-corrected chi connectivity index (χ3v) is 6.61. The zero-order valence-corrected chi connectivity index (χ0v) is 16.6. The Morgan fingerprint density at radius 1 is 1.07 bits per heavy atom. The van der Waals surface area contributed by atoms with Gasteiger partial charge in [0.25, 0.3) is 0 Å². The number of sulfonamides is 1. The van der Waals surface area contributed by atoms with Gasteiger partial charge in [0.1, 0.15) is 17.4 Å². The zero-order chi connectivity index (χ0) is 20.3. The van der Waals surface area contributed by atoms with E-state index in [4.69, 9.17) is 4.74 Å². The van der Waals surface area contributed by atoms with Gasteiger partial charge in [0, 0.05) is 18.9 Å². The summed E-state index contributed by atoms with van der Waals surface area (Å²) in [5, 5.41) is 3.04. The molecular formula is C19H20N6O3S. The molecule has 3 aromatic rings. The Kier molecular flexibility index (Phi) is 5.36. The number of benzene rings is 1. The Morgan fingerprint density at radius 3 is 2.59 bits per heavy atom. The minimum absolute atomic E-state index is 0.229. The summed E-state index contributed by atoms with van der Waals surface area (Å²) in [5.41, 5.74) is 0.591. The molecule has 3 heterocycles. The number of methoxy groups -OCH3 is 1. The molecule has 0 aliphatic carbocycles. The van der Waals surface area contributed by atoms with Crippen LogP contribution < -0.4 is 10.1 Å². The lowest BCUT2D eigenvalue weighted by atomic mass is 10.2. The molecule has 29 heavy (non-hydrogen) atoms. The van der Waals surface area contributed by atoms with Gasteiger partial charge in [0.2, 0.25) is 10.0 Å². The van der Waals surface area contributed by atoms with Crippen LogP contribution in [0.2, 0.25) is 0 Å². The van der Waals surface area contributed by atoms with Gasteiger partial charge < -0.3 is 10.1 Å². The van der Waals surface area contributed by atoms with Crippen LogP contribution in [0.1, 0.15) is 24.6 Å². The van der Waals surface area contributed by atoms with Crippen LogP contribution in [0.3, 0.4) is 0 Å². The van der Waals surface area contributed by atoms with E-state index in [1.807, 2.05) is 0 Å². The Hall–Kier alpha value is -3.11. The van der Waals surface area contributed by atoms with E-state index in [1.165, 1.54) is 4.31 Å². The van der Waals surface area contributed by atoms with Gasteiger partial charge in [-0.25, -0.2) is 18.4 Å². The first-order chi connectivity index (χ1) is 14.1. The highest BCUT2D eigenvalue weighted by atomic mass is 32.2. The molecule has 1 fully saturated rings. The SMILES string of the molecule is COc1ccc(S(=O)(=O)N2CCC[C@H]2c2cncc(Nc3cnccn3)n2)cc1. The monoisotopic (exact) mass is 412 g/mol. The minimum atomic E-state index is -3.67. The van der Waals surface area contributed by atoms with Gasteiger partial charge in [0.05, 0.1) is 42.3 Å². The summed E-state index contributed by atoms with van der Waals surface area (Å²) in [6.45, 7) is 0.433. The third-order valence-electron chi connectivity index (χ3n) is 4.68. The quantitative estimate of drug-likeness (QED) is 0.658. The van der Waals surface area contributed by atoms with Crippen LogP contribution in [-0.2, 0) is 10.0 Å². The molecule has 0 amide bonds. The van der Waals surface area contributed by atoms with E-state index in [9.17, 15) is 8.42 Å². The number of rotatable bonds is 6. The van der Waals surface area contributed by atoms with Crippen LogP contribution in [0.25, 0.3) is 0 Å². The van der Waals surface area contributed by atoms with Crippen molar-refractivity contribution in [3.05, 3.63) is 60.9 Å². The molecule has 10 heteroatoms. The summed E-state index contributed by atoms with van der Waals surface area (Å²) >= 11 is 0. The molecule has 0 saturated carbocycles. The molecule has 1 atom stereocenters. The highest BCUT2D eigenvalue weighted by Gasteiger charge is 2.37. The molecule has 1 aliphatic rings. The predicted molar refractivity (Wildman–Crippen MR) is 106 cm³/mol. The lowest BCUT2D eigenvalue weighted by Gasteiger charge is -2.24. The van der Waals surface area contributed by atoms with Crippen molar-refractivity contribution in [3.8, 4) is 5.75 Å². The van der Waals surface area contributed by atoms with Crippen molar-refractivity contribution in [2.75, 3.05) is 19.0 Å². The number of nitrogens with zero attached hydrogens (tertiary/aromatic N) is 5. The maximum Gasteiger partial charge on any atom is 0.243 e. The maximum absolute atomic E-state index is 13.2. The first kappa shape index (κ1) is 19.2. The Morgan fingerprint density at radius 2 is 1.86 bits per heavy atom. The second-order valence-corrected chi connectivity index (χ2v) is 8.38. The van der Waals surface area contributed by atoms with E-state index < -0.39 is 10.0 Å². The van der Waals surface area contributed by atoms with E-state index in [2.05, 4.69) is 25.3 Å². The van der Waals surface area contributed by atoms with E-state index in [0.29, 0.717) is 36.0 Å². The molecule has 0 unspecified atom stereocenters. The summed E-state index contributed by atoms with van der Waals surface area (Å²) in [5.74, 6) is 1.63. The van der Waals surface area contributed by atoms with E-state index in [-0.39, 0.29) is 10.9 Å². The molecular weight excluding hydrogens is 392 g/mol. The molecule has 1 saturated heterocycles. The van der Waals surface area contributed by atoms with E-state index in [1.54, 1.807) is 62.4 Å². The summed E-state index contributed by atoms with van der Waals surface area (Å²) in [6, 6.07) is 6.02. The fourth-order valence-electron chi connectivity index (χ4n) is 3.30. The lowest BCUT2D eigenvalue weighted by Crippen LogP contribution is -2.31. The minimum Gasteiger partial charge on any atom is -0.497 e. The smallest absolute Gasteiger partial charge is 0.243 e. The first-order valence-electron chi connectivity index (χ1n) is 9.09. The fraction of sp³-hybridized carbons (Fsp3) is 0.263. The summed E-state index contributed by atoms with van der Waals surface area (Å²) < 4.78 is 33.0. The van der Waals surface area contributed by atoms with Gasteiger partial charge in [-0.1, -0.05) is 0 Å². The predicted octanol–water partition coefficient (Wildman–Crippen LogP) is 2.54. The maximum atomic E-state index is 13.2. The highest BCUT2D eigenvalue weighted by Crippen LogP contribution is 2.36. The largest absolute Gasteiger partial charge is 0.497 e. The molecule has 9 nitrogen and oxygen atoms in total. The molecule has 0 radical (unpaired) electrons. The summed E-state index contributed by atoms with van der Waals surface area (Å²) in [4.78, 5) is 17.2. The normalized spacial score (nSPS) is 17.2. The van der Waals surface area contributed by atoms with Crippen molar-refractivity contribution in [2.24, 2.45) is 0 Å². The average molecular weight is 412 g/mol. The van der Waals surface area contributed by atoms with Crippen LogP contribution in [0.4, 0.5) is 11.6 Å². The van der Waals surface area contributed by atoms with Crippen LogP contribution >= 0.6 is 0 Å². The summed E-state index contributed by atoms with van der Waals surface area (Å²) in [6.07, 6.45) is 9.32. The molecule has 1 aliphatic heterocycles.